The number of hydrogen-bond donors (Lipinski definition) is 0. The number of para-hydroxylation sites is 1. The Labute approximate surface area is 134 Å². The van der Waals surface area contributed by atoms with Crippen molar-refractivity contribution in [3.8, 4) is 0 Å². The molecule has 1 aromatic carbocycles. The Morgan fingerprint density at radius 3 is 2.57 bits per heavy atom. The van der Waals surface area contributed by atoms with Crippen LogP contribution < -0.4 is 11.0 Å². The highest BCUT2D eigenvalue weighted by Gasteiger charge is 2.16. The number of fused-ring (bicyclic) bond motifs is 2. The number of rotatable bonds is 3. The third kappa shape index (κ3) is 2.46. The van der Waals surface area contributed by atoms with Gasteiger partial charge < -0.3 is 4.57 Å². The molecule has 0 saturated heterocycles. The van der Waals surface area contributed by atoms with E-state index in [0.29, 0.717) is 29.3 Å². The number of hydrogen-bond acceptors (Lipinski definition) is 3. The normalized spacial score (nSPS) is 11.7. The maximum atomic E-state index is 12.9. The molecule has 0 fully saturated rings. The van der Waals surface area contributed by atoms with E-state index in [9.17, 15) is 9.59 Å². The van der Waals surface area contributed by atoms with Gasteiger partial charge in [-0.2, -0.15) is 0 Å². The lowest BCUT2D eigenvalue weighted by Crippen LogP contribution is -2.30. The van der Waals surface area contributed by atoms with Crippen LogP contribution in [0, 0.1) is 12.8 Å². The van der Waals surface area contributed by atoms with Gasteiger partial charge in [-0.1, -0.05) is 26.0 Å². The molecule has 0 atom stereocenters. The molecule has 5 nitrogen and oxygen atoms in total. The van der Waals surface area contributed by atoms with Crippen molar-refractivity contribution in [2.45, 2.75) is 33.7 Å². The first kappa shape index (κ1) is 15.5. The highest BCUT2D eigenvalue weighted by molar-refractivity contribution is 5.91. The van der Waals surface area contributed by atoms with E-state index in [-0.39, 0.29) is 16.4 Å². The zero-order chi connectivity index (χ0) is 16.7. The Balaban J connectivity index is 2.41. The molecule has 0 bridgehead atoms. The number of benzene rings is 1. The molecule has 0 amide bonds. The zero-order valence-corrected chi connectivity index (χ0v) is 14.0. The van der Waals surface area contributed by atoms with Crippen molar-refractivity contribution >= 4 is 21.9 Å². The first-order valence-electron chi connectivity index (χ1n) is 7.90. The molecule has 0 spiro atoms. The minimum atomic E-state index is -0.237. The maximum Gasteiger partial charge on any atom is 0.266 e. The molecule has 2 aromatic heterocycles. The predicted octanol–water partition coefficient (Wildman–Crippen LogP) is 2.60. The zero-order valence-electron chi connectivity index (χ0n) is 14.0. The van der Waals surface area contributed by atoms with Crippen LogP contribution in [0.5, 0.6) is 0 Å². The lowest BCUT2D eigenvalue weighted by molar-refractivity contribution is 0.498. The van der Waals surface area contributed by atoms with Crippen molar-refractivity contribution in [2.24, 2.45) is 13.0 Å². The van der Waals surface area contributed by atoms with Gasteiger partial charge in [0.25, 0.3) is 5.56 Å². The minimum Gasteiger partial charge on any atom is -0.328 e. The first-order chi connectivity index (χ1) is 10.9. The summed E-state index contributed by atoms with van der Waals surface area (Å²) in [6.45, 7) is 6.63. The molecule has 3 rings (SSSR count). The third-order valence-corrected chi connectivity index (χ3v) is 4.33. The predicted molar refractivity (Wildman–Crippen MR) is 92.9 cm³/mol. The van der Waals surface area contributed by atoms with Gasteiger partial charge in [-0.05, 0) is 31.4 Å². The van der Waals surface area contributed by atoms with Crippen LogP contribution in [0.4, 0.5) is 0 Å². The summed E-state index contributed by atoms with van der Waals surface area (Å²) >= 11 is 0. The summed E-state index contributed by atoms with van der Waals surface area (Å²) in [5.41, 5.74) is 0.775. The van der Waals surface area contributed by atoms with Crippen LogP contribution in [0.3, 0.4) is 0 Å². The van der Waals surface area contributed by atoms with E-state index in [1.807, 2.05) is 36.7 Å². The molecular formula is C18H21N3O2. The van der Waals surface area contributed by atoms with Crippen molar-refractivity contribution < 1.29 is 0 Å². The molecular weight excluding hydrogens is 290 g/mol. The number of pyridine rings is 1. The molecule has 23 heavy (non-hydrogen) atoms. The van der Waals surface area contributed by atoms with E-state index >= 15 is 0 Å². The van der Waals surface area contributed by atoms with E-state index in [2.05, 4.69) is 18.8 Å². The van der Waals surface area contributed by atoms with Crippen molar-refractivity contribution in [1.82, 2.24) is 14.1 Å². The van der Waals surface area contributed by atoms with Crippen molar-refractivity contribution in [1.29, 1.82) is 0 Å². The van der Waals surface area contributed by atoms with Crippen LogP contribution in [0.15, 0.2) is 33.9 Å². The molecule has 3 aromatic rings. The van der Waals surface area contributed by atoms with Gasteiger partial charge in [-0.3, -0.25) is 14.2 Å². The van der Waals surface area contributed by atoms with Gasteiger partial charge in [0.1, 0.15) is 11.2 Å². The topological polar surface area (TPSA) is 56.9 Å². The van der Waals surface area contributed by atoms with E-state index in [1.165, 1.54) is 0 Å². The monoisotopic (exact) mass is 311 g/mol. The Bertz CT molecular complexity index is 1010. The quantitative estimate of drug-likeness (QED) is 0.699. The van der Waals surface area contributed by atoms with E-state index in [4.69, 9.17) is 0 Å². The second-order valence-corrected chi connectivity index (χ2v) is 6.40. The molecule has 0 radical (unpaired) electrons. The molecule has 0 N–H and O–H groups in total. The smallest absolute Gasteiger partial charge is 0.266 e. The Kier molecular flexibility index (Phi) is 3.80. The average molecular weight is 311 g/mol. The van der Waals surface area contributed by atoms with Gasteiger partial charge in [-0.15, -0.1) is 0 Å². The molecule has 0 aliphatic heterocycles. The SMILES string of the molecule is Cc1nc2c(c(=O)c3ccccc3n2C)c(=O)n1CCC(C)C. The highest BCUT2D eigenvalue weighted by atomic mass is 16.1. The lowest BCUT2D eigenvalue weighted by Gasteiger charge is -2.14. The fourth-order valence-corrected chi connectivity index (χ4v) is 2.95. The van der Waals surface area contributed by atoms with E-state index in [1.54, 1.807) is 10.6 Å². The standard InChI is InChI=1S/C18H21N3O2/c1-11(2)9-10-21-12(3)19-17-15(18(21)23)16(22)13-7-5-6-8-14(13)20(17)4/h5-8,11H,9-10H2,1-4H3. The van der Waals surface area contributed by atoms with Crippen LogP contribution >= 0.6 is 0 Å². The van der Waals surface area contributed by atoms with E-state index < -0.39 is 0 Å². The molecule has 5 heteroatoms. The summed E-state index contributed by atoms with van der Waals surface area (Å²) in [7, 11) is 1.84. The summed E-state index contributed by atoms with van der Waals surface area (Å²) in [6, 6.07) is 7.32. The van der Waals surface area contributed by atoms with Crippen molar-refractivity contribution in [3.63, 3.8) is 0 Å². The molecule has 0 aliphatic rings. The van der Waals surface area contributed by atoms with Crippen LogP contribution in [-0.4, -0.2) is 14.1 Å². The fraction of sp³-hybridized carbons (Fsp3) is 0.389. The Hall–Kier alpha value is -2.43. The van der Waals surface area contributed by atoms with Gasteiger partial charge in [0.15, 0.2) is 5.65 Å². The molecule has 0 unspecified atom stereocenters. The third-order valence-electron chi connectivity index (χ3n) is 4.33. The van der Waals surface area contributed by atoms with E-state index in [0.717, 1.165) is 11.9 Å². The molecule has 0 saturated carbocycles. The van der Waals surface area contributed by atoms with Crippen LogP contribution in [0.2, 0.25) is 0 Å². The number of aromatic nitrogens is 3. The maximum absolute atomic E-state index is 12.9. The second kappa shape index (κ2) is 5.65. The summed E-state index contributed by atoms with van der Waals surface area (Å²) in [5.74, 6) is 1.13. The van der Waals surface area contributed by atoms with Crippen LogP contribution in [0.25, 0.3) is 21.9 Å². The van der Waals surface area contributed by atoms with Crippen molar-refractivity contribution in [3.05, 3.63) is 50.7 Å². The van der Waals surface area contributed by atoms with Crippen molar-refractivity contribution in [2.75, 3.05) is 0 Å². The summed E-state index contributed by atoms with van der Waals surface area (Å²) < 4.78 is 3.45. The molecule has 2 heterocycles. The molecule has 0 aliphatic carbocycles. The Morgan fingerprint density at radius 1 is 1.17 bits per heavy atom. The fourth-order valence-electron chi connectivity index (χ4n) is 2.95. The average Bonchev–Trinajstić information content (AvgIpc) is 2.51. The van der Waals surface area contributed by atoms with Gasteiger partial charge in [0, 0.05) is 19.0 Å². The Morgan fingerprint density at radius 2 is 1.87 bits per heavy atom. The van der Waals surface area contributed by atoms with Gasteiger partial charge in [-0.25, -0.2) is 4.98 Å². The highest BCUT2D eigenvalue weighted by Crippen LogP contribution is 2.15. The molecule has 120 valence electrons. The largest absolute Gasteiger partial charge is 0.328 e. The number of aryl methyl sites for hydroxylation is 2. The summed E-state index contributed by atoms with van der Waals surface area (Å²) in [4.78, 5) is 30.2. The summed E-state index contributed by atoms with van der Waals surface area (Å²) in [5, 5.41) is 0.737. The van der Waals surface area contributed by atoms with Gasteiger partial charge in [0.2, 0.25) is 5.43 Å². The first-order valence-corrected chi connectivity index (χ1v) is 7.90. The van der Waals surface area contributed by atoms with Crippen LogP contribution in [-0.2, 0) is 13.6 Å². The summed E-state index contributed by atoms with van der Waals surface area (Å²) in [6.07, 6.45) is 0.877. The van der Waals surface area contributed by atoms with Crippen LogP contribution in [0.1, 0.15) is 26.1 Å². The minimum absolute atomic E-state index is 0.181. The van der Waals surface area contributed by atoms with Gasteiger partial charge >= 0.3 is 0 Å². The lowest BCUT2D eigenvalue weighted by atomic mass is 10.1. The van der Waals surface area contributed by atoms with Gasteiger partial charge in [0.05, 0.1) is 5.52 Å². The number of nitrogens with zero attached hydrogens (tertiary/aromatic N) is 3. The second-order valence-electron chi connectivity index (χ2n) is 6.40.